The molecule has 1 amide bonds. The number of nitrogens with zero attached hydrogens (tertiary/aromatic N) is 4. The van der Waals surface area contributed by atoms with Gasteiger partial charge in [-0.25, -0.2) is 0 Å². The third-order valence-electron chi connectivity index (χ3n) is 4.05. The third-order valence-corrected chi connectivity index (χ3v) is 4.05. The number of rotatable bonds is 3. The smallest absolute Gasteiger partial charge is 0.204 e. The lowest BCUT2D eigenvalue weighted by atomic mass is 10.0. The van der Waals surface area contributed by atoms with Crippen molar-refractivity contribution in [3.05, 3.63) is 64.7 Å². The summed E-state index contributed by atoms with van der Waals surface area (Å²) >= 11 is 0. The van der Waals surface area contributed by atoms with Gasteiger partial charge in [0.1, 0.15) is 11.8 Å². The Morgan fingerprint density at radius 2 is 1.96 bits per heavy atom. The van der Waals surface area contributed by atoms with E-state index in [2.05, 4.69) is 21.9 Å². The van der Waals surface area contributed by atoms with E-state index in [1.165, 1.54) is 0 Å². The highest BCUT2D eigenvalue weighted by molar-refractivity contribution is 5.71. The van der Waals surface area contributed by atoms with Gasteiger partial charge in [0.05, 0.1) is 17.8 Å². The Kier molecular flexibility index (Phi) is 6.28. The summed E-state index contributed by atoms with van der Waals surface area (Å²) in [7, 11) is 0. The van der Waals surface area contributed by atoms with Crippen molar-refractivity contribution in [3.63, 3.8) is 0 Å². The standard InChI is InChI=1S/C19H18N4O.CH3NO/c1-12-6-15(10-21-9-12)11-23-14(3)19(13(2)22-23)16-4-5-17(8-20)18(24)7-16;2-1-3/h4-7,9-10,24H,11H2,1-3H3;1H,(H2,2,3). The van der Waals surface area contributed by atoms with Crippen molar-refractivity contribution in [1.82, 2.24) is 14.8 Å². The first-order chi connectivity index (χ1) is 12.9. The number of pyridine rings is 1. The van der Waals surface area contributed by atoms with Crippen molar-refractivity contribution in [1.29, 1.82) is 5.26 Å². The molecule has 3 N–H and O–H groups in total. The molecule has 0 bridgehead atoms. The Labute approximate surface area is 157 Å². The highest BCUT2D eigenvalue weighted by Crippen LogP contribution is 2.31. The Balaban J connectivity index is 0.000000817. The maximum atomic E-state index is 9.95. The quantitative estimate of drug-likeness (QED) is 0.694. The van der Waals surface area contributed by atoms with Crippen LogP contribution in [0.15, 0.2) is 36.7 Å². The number of amides is 1. The van der Waals surface area contributed by atoms with Crippen LogP contribution in [-0.2, 0) is 11.3 Å². The number of hydrogen-bond acceptors (Lipinski definition) is 5. The molecular formula is C20H21N5O2. The van der Waals surface area contributed by atoms with E-state index in [0.717, 1.165) is 33.6 Å². The second kappa shape index (κ2) is 8.63. The average molecular weight is 363 g/mol. The number of hydrogen-bond donors (Lipinski definition) is 2. The fourth-order valence-electron chi connectivity index (χ4n) is 2.93. The van der Waals surface area contributed by atoms with Crippen molar-refractivity contribution in [2.45, 2.75) is 27.3 Å². The fraction of sp³-hybridized carbons (Fsp3) is 0.200. The van der Waals surface area contributed by atoms with E-state index in [1.807, 2.05) is 50.0 Å². The molecule has 3 aromatic rings. The van der Waals surface area contributed by atoms with Gasteiger partial charge < -0.3 is 10.8 Å². The largest absolute Gasteiger partial charge is 0.507 e. The molecule has 0 aliphatic carbocycles. The van der Waals surface area contributed by atoms with E-state index in [-0.39, 0.29) is 17.7 Å². The monoisotopic (exact) mass is 363 g/mol. The number of carbonyl (C=O) groups is 1. The molecule has 0 unspecified atom stereocenters. The molecule has 7 nitrogen and oxygen atoms in total. The van der Waals surface area contributed by atoms with Gasteiger partial charge in [0.2, 0.25) is 6.41 Å². The molecule has 0 radical (unpaired) electrons. The summed E-state index contributed by atoms with van der Waals surface area (Å²) in [6, 6.07) is 9.15. The fourth-order valence-corrected chi connectivity index (χ4v) is 2.93. The maximum Gasteiger partial charge on any atom is 0.204 e. The number of phenolic OH excluding ortho intramolecular Hbond substituents is 1. The van der Waals surface area contributed by atoms with Gasteiger partial charge in [-0.15, -0.1) is 0 Å². The van der Waals surface area contributed by atoms with Crippen molar-refractivity contribution in [2.75, 3.05) is 0 Å². The Morgan fingerprint density at radius 1 is 1.26 bits per heavy atom. The molecule has 0 saturated carbocycles. The minimum absolute atomic E-state index is 0.00978. The summed E-state index contributed by atoms with van der Waals surface area (Å²) in [5.74, 6) is -0.00978. The molecule has 0 aliphatic heterocycles. The van der Waals surface area contributed by atoms with Crippen LogP contribution in [0.3, 0.4) is 0 Å². The summed E-state index contributed by atoms with van der Waals surface area (Å²) in [5.41, 5.74) is 10.4. The second-order valence-electron chi connectivity index (χ2n) is 6.05. The van der Waals surface area contributed by atoms with E-state index in [4.69, 9.17) is 10.1 Å². The number of nitrogens with two attached hydrogens (primary N) is 1. The van der Waals surface area contributed by atoms with Crippen LogP contribution in [0.25, 0.3) is 11.1 Å². The topological polar surface area (TPSA) is 118 Å². The number of nitriles is 1. The summed E-state index contributed by atoms with van der Waals surface area (Å²) in [6.07, 6.45) is 3.92. The van der Waals surface area contributed by atoms with Crippen LogP contribution in [0.2, 0.25) is 0 Å². The van der Waals surface area contributed by atoms with Gasteiger partial charge in [-0.05, 0) is 49.6 Å². The van der Waals surface area contributed by atoms with Crippen LogP contribution in [0.5, 0.6) is 5.75 Å². The number of aromatic nitrogens is 3. The number of aryl methyl sites for hydroxylation is 2. The van der Waals surface area contributed by atoms with Crippen LogP contribution in [0.4, 0.5) is 0 Å². The molecule has 3 rings (SSSR count). The first-order valence-electron chi connectivity index (χ1n) is 8.24. The number of primary amides is 1. The maximum absolute atomic E-state index is 9.95. The van der Waals surface area contributed by atoms with Crippen LogP contribution in [0.1, 0.15) is 28.1 Å². The molecular weight excluding hydrogens is 342 g/mol. The van der Waals surface area contributed by atoms with Gasteiger partial charge in [0.15, 0.2) is 0 Å². The Bertz CT molecular complexity index is 1000. The van der Waals surface area contributed by atoms with Crippen molar-refractivity contribution in [3.8, 4) is 22.9 Å². The number of phenols is 1. The van der Waals surface area contributed by atoms with E-state index in [0.29, 0.717) is 6.54 Å². The lowest BCUT2D eigenvalue weighted by Crippen LogP contribution is -2.04. The predicted molar refractivity (Wildman–Crippen MR) is 102 cm³/mol. The SMILES string of the molecule is Cc1cncc(Cn2nc(C)c(-c3ccc(C#N)c(O)c3)c2C)c1.NC=O. The van der Waals surface area contributed by atoms with Crippen molar-refractivity contribution < 1.29 is 9.90 Å². The zero-order valence-corrected chi connectivity index (χ0v) is 15.5. The average Bonchev–Trinajstić information content (AvgIpc) is 2.89. The summed E-state index contributed by atoms with van der Waals surface area (Å²) in [5, 5.41) is 23.5. The lowest BCUT2D eigenvalue weighted by molar-refractivity contribution is -0.106. The van der Waals surface area contributed by atoms with Gasteiger partial charge in [-0.2, -0.15) is 10.4 Å². The van der Waals surface area contributed by atoms with Crippen molar-refractivity contribution >= 4 is 6.41 Å². The van der Waals surface area contributed by atoms with E-state index < -0.39 is 0 Å². The van der Waals surface area contributed by atoms with Gasteiger partial charge in [0, 0.05) is 23.7 Å². The Hall–Kier alpha value is -3.66. The molecule has 7 heteroatoms. The van der Waals surface area contributed by atoms with Gasteiger partial charge in [-0.3, -0.25) is 14.5 Å². The molecule has 0 saturated heterocycles. The minimum Gasteiger partial charge on any atom is -0.507 e. The molecule has 2 aromatic heterocycles. The van der Waals surface area contributed by atoms with Crippen LogP contribution in [-0.4, -0.2) is 26.3 Å². The molecule has 1 aromatic carbocycles. The van der Waals surface area contributed by atoms with E-state index in [9.17, 15) is 5.11 Å². The van der Waals surface area contributed by atoms with E-state index >= 15 is 0 Å². The number of carbonyl (C=O) groups excluding carboxylic acids is 1. The second-order valence-corrected chi connectivity index (χ2v) is 6.05. The molecule has 2 heterocycles. The number of benzene rings is 1. The molecule has 0 spiro atoms. The van der Waals surface area contributed by atoms with Crippen molar-refractivity contribution in [2.24, 2.45) is 5.73 Å². The third kappa shape index (κ3) is 4.50. The van der Waals surface area contributed by atoms with Crippen LogP contribution < -0.4 is 5.73 Å². The normalized spacial score (nSPS) is 9.85. The molecule has 0 aliphatic rings. The highest BCUT2D eigenvalue weighted by atomic mass is 16.3. The first-order valence-corrected chi connectivity index (χ1v) is 8.24. The zero-order valence-electron chi connectivity index (χ0n) is 15.5. The predicted octanol–water partition coefficient (Wildman–Crippen LogP) is 2.60. The first kappa shape index (κ1) is 19.7. The van der Waals surface area contributed by atoms with Gasteiger partial charge in [0.25, 0.3) is 0 Å². The lowest BCUT2D eigenvalue weighted by Gasteiger charge is -2.07. The minimum atomic E-state index is -0.00978. The molecule has 138 valence electrons. The molecule has 0 fully saturated rings. The van der Waals surface area contributed by atoms with E-state index in [1.54, 1.807) is 12.1 Å². The zero-order chi connectivity index (χ0) is 20.0. The number of aromatic hydroxyl groups is 1. The summed E-state index contributed by atoms with van der Waals surface area (Å²) in [4.78, 5) is 12.8. The summed E-state index contributed by atoms with van der Waals surface area (Å²) < 4.78 is 1.94. The van der Waals surface area contributed by atoms with Gasteiger partial charge >= 0.3 is 0 Å². The van der Waals surface area contributed by atoms with Crippen LogP contribution >= 0.6 is 0 Å². The van der Waals surface area contributed by atoms with Crippen LogP contribution in [0, 0.1) is 32.1 Å². The highest BCUT2D eigenvalue weighted by Gasteiger charge is 2.15. The van der Waals surface area contributed by atoms with Gasteiger partial charge in [-0.1, -0.05) is 12.1 Å². The Morgan fingerprint density at radius 3 is 2.56 bits per heavy atom. The molecule has 0 atom stereocenters. The summed E-state index contributed by atoms with van der Waals surface area (Å²) in [6.45, 7) is 6.61. The molecule has 27 heavy (non-hydrogen) atoms.